The first-order chi connectivity index (χ1) is 8.60. The molecule has 3 heteroatoms. The third kappa shape index (κ3) is 3.09. The zero-order chi connectivity index (χ0) is 13.1. The van der Waals surface area contributed by atoms with Crippen LogP contribution in [-0.4, -0.2) is 12.6 Å². The molecule has 0 saturated heterocycles. The van der Waals surface area contributed by atoms with Gasteiger partial charge in [-0.05, 0) is 49.3 Å². The molecule has 1 aromatic carbocycles. The fourth-order valence-corrected chi connectivity index (χ4v) is 2.83. The highest BCUT2D eigenvalue weighted by Gasteiger charge is 2.23. The highest BCUT2D eigenvalue weighted by molar-refractivity contribution is 5.27. The molecule has 1 aromatic rings. The third-order valence-corrected chi connectivity index (χ3v) is 3.95. The van der Waals surface area contributed by atoms with E-state index in [-0.39, 0.29) is 11.9 Å². The molecule has 100 valence electrons. The number of rotatable bonds is 4. The Morgan fingerprint density at radius 3 is 2.78 bits per heavy atom. The predicted octanol–water partition coefficient (Wildman–Crippen LogP) is 2.91. The van der Waals surface area contributed by atoms with E-state index in [1.165, 1.54) is 25.3 Å². The smallest absolute Gasteiger partial charge is 0.126 e. The minimum atomic E-state index is -0.149. The number of nitrogens with one attached hydrogen (secondary N) is 1. The highest BCUT2D eigenvalue weighted by atomic mass is 19.1. The van der Waals surface area contributed by atoms with Gasteiger partial charge in [0.2, 0.25) is 0 Å². The molecule has 1 fully saturated rings. The van der Waals surface area contributed by atoms with Gasteiger partial charge < -0.3 is 11.1 Å². The van der Waals surface area contributed by atoms with E-state index >= 15 is 0 Å². The van der Waals surface area contributed by atoms with Gasteiger partial charge in [0, 0.05) is 18.6 Å². The van der Waals surface area contributed by atoms with E-state index < -0.39 is 0 Å². The molecule has 1 saturated carbocycles. The minimum Gasteiger partial charge on any atom is -0.329 e. The van der Waals surface area contributed by atoms with Gasteiger partial charge in [0.15, 0.2) is 0 Å². The van der Waals surface area contributed by atoms with Gasteiger partial charge in [0.05, 0.1) is 0 Å². The summed E-state index contributed by atoms with van der Waals surface area (Å²) >= 11 is 0. The standard InChI is InChI=1S/C15H23FN2/c1-10-3-5-13(7-10)18-15(9-17)12-4-6-14(16)11(2)8-12/h4,6,8,10,13,15,18H,3,5,7,9,17H2,1-2H3. The zero-order valence-corrected chi connectivity index (χ0v) is 11.2. The zero-order valence-electron chi connectivity index (χ0n) is 11.2. The van der Waals surface area contributed by atoms with Crippen molar-refractivity contribution in [2.75, 3.05) is 6.54 Å². The first-order valence-electron chi connectivity index (χ1n) is 6.82. The lowest BCUT2D eigenvalue weighted by Crippen LogP contribution is -2.35. The van der Waals surface area contributed by atoms with E-state index in [4.69, 9.17) is 5.73 Å². The van der Waals surface area contributed by atoms with Crippen LogP contribution in [-0.2, 0) is 0 Å². The van der Waals surface area contributed by atoms with Crippen LogP contribution in [0.5, 0.6) is 0 Å². The molecule has 0 heterocycles. The number of hydrogen-bond acceptors (Lipinski definition) is 2. The quantitative estimate of drug-likeness (QED) is 0.862. The molecule has 0 aliphatic heterocycles. The van der Waals surface area contributed by atoms with Gasteiger partial charge in [-0.1, -0.05) is 19.1 Å². The SMILES string of the molecule is Cc1cc(C(CN)NC2CCC(C)C2)ccc1F. The molecule has 0 bridgehead atoms. The van der Waals surface area contributed by atoms with Crippen molar-refractivity contribution in [3.8, 4) is 0 Å². The number of halogens is 1. The molecule has 18 heavy (non-hydrogen) atoms. The summed E-state index contributed by atoms with van der Waals surface area (Å²) in [6.07, 6.45) is 3.73. The van der Waals surface area contributed by atoms with Crippen molar-refractivity contribution in [3.05, 3.63) is 35.1 Å². The molecule has 3 unspecified atom stereocenters. The molecule has 3 N–H and O–H groups in total. The molecular formula is C15H23FN2. The number of aryl methyl sites for hydroxylation is 1. The highest BCUT2D eigenvalue weighted by Crippen LogP contribution is 2.27. The molecule has 0 aromatic heterocycles. The lowest BCUT2D eigenvalue weighted by molar-refractivity contribution is 0.433. The Morgan fingerprint density at radius 1 is 1.44 bits per heavy atom. The fraction of sp³-hybridized carbons (Fsp3) is 0.600. The minimum absolute atomic E-state index is 0.139. The Kier molecular flexibility index (Phi) is 4.36. The molecule has 0 radical (unpaired) electrons. The second-order valence-electron chi connectivity index (χ2n) is 5.58. The van der Waals surface area contributed by atoms with Gasteiger partial charge >= 0.3 is 0 Å². The summed E-state index contributed by atoms with van der Waals surface area (Å²) in [5.74, 6) is 0.653. The Bertz CT molecular complexity index is 405. The van der Waals surface area contributed by atoms with E-state index in [0.29, 0.717) is 18.2 Å². The van der Waals surface area contributed by atoms with Crippen molar-refractivity contribution < 1.29 is 4.39 Å². The summed E-state index contributed by atoms with van der Waals surface area (Å²) in [5, 5.41) is 3.61. The van der Waals surface area contributed by atoms with Crippen LogP contribution in [0, 0.1) is 18.7 Å². The van der Waals surface area contributed by atoms with Crippen molar-refractivity contribution in [2.45, 2.75) is 45.2 Å². The maximum atomic E-state index is 13.3. The summed E-state index contributed by atoms with van der Waals surface area (Å²) in [4.78, 5) is 0. The Morgan fingerprint density at radius 2 is 2.22 bits per heavy atom. The van der Waals surface area contributed by atoms with E-state index in [2.05, 4.69) is 12.2 Å². The van der Waals surface area contributed by atoms with E-state index in [9.17, 15) is 4.39 Å². The summed E-state index contributed by atoms with van der Waals surface area (Å²) in [6, 6.07) is 5.97. The van der Waals surface area contributed by atoms with Crippen LogP contribution in [0.3, 0.4) is 0 Å². The first kappa shape index (κ1) is 13.5. The second kappa shape index (κ2) is 5.81. The lowest BCUT2D eigenvalue weighted by atomic mass is 10.0. The largest absolute Gasteiger partial charge is 0.329 e. The summed E-state index contributed by atoms with van der Waals surface area (Å²) < 4.78 is 13.3. The van der Waals surface area contributed by atoms with Crippen LogP contribution in [0.4, 0.5) is 4.39 Å². The van der Waals surface area contributed by atoms with Crippen LogP contribution in [0.2, 0.25) is 0 Å². The molecular weight excluding hydrogens is 227 g/mol. The van der Waals surface area contributed by atoms with Crippen molar-refractivity contribution in [1.29, 1.82) is 0 Å². The van der Waals surface area contributed by atoms with E-state index in [1.807, 2.05) is 12.1 Å². The van der Waals surface area contributed by atoms with Crippen molar-refractivity contribution in [3.63, 3.8) is 0 Å². The van der Waals surface area contributed by atoms with Gasteiger partial charge in [-0.3, -0.25) is 0 Å². The van der Waals surface area contributed by atoms with Gasteiger partial charge in [0.1, 0.15) is 5.82 Å². The van der Waals surface area contributed by atoms with Crippen LogP contribution in [0.15, 0.2) is 18.2 Å². The summed E-state index contributed by atoms with van der Waals surface area (Å²) in [6.45, 7) is 4.64. The number of nitrogens with two attached hydrogens (primary N) is 1. The van der Waals surface area contributed by atoms with Crippen molar-refractivity contribution >= 4 is 0 Å². The maximum Gasteiger partial charge on any atom is 0.126 e. The molecule has 1 aliphatic carbocycles. The Hall–Kier alpha value is -0.930. The van der Waals surface area contributed by atoms with Gasteiger partial charge in [-0.25, -0.2) is 4.39 Å². The topological polar surface area (TPSA) is 38.0 Å². The van der Waals surface area contributed by atoms with E-state index in [1.54, 1.807) is 6.92 Å². The number of hydrogen-bond donors (Lipinski definition) is 2. The van der Waals surface area contributed by atoms with Crippen LogP contribution in [0.25, 0.3) is 0 Å². The monoisotopic (exact) mass is 250 g/mol. The van der Waals surface area contributed by atoms with Crippen molar-refractivity contribution in [1.82, 2.24) is 5.32 Å². The Balaban J connectivity index is 2.05. The van der Waals surface area contributed by atoms with Gasteiger partial charge in [0.25, 0.3) is 0 Å². The van der Waals surface area contributed by atoms with E-state index in [0.717, 1.165) is 11.5 Å². The molecule has 2 nitrogen and oxygen atoms in total. The lowest BCUT2D eigenvalue weighted by Gasteiger charge is -2.22. The summed E-state index contributed by atoms with van der Waals surface area (Å²) in [7, 11) is 0. The molecule has 0 amide bonds. The molecule has 0 spiro atoms. The fourth-order valence-electron chi connectivity index (χ4n) is 2.83. The van der Waals surface area contributed by atoms with Gasteiger partial charge in [-0.15, -0.1) is 0 Å². The van der Waals surface area contributed by atoms with Crippen LogP contribution in [0.1, 0.15) is 43.4 Å². The molecule has 3 atom stereocenters. The molecule has 2 rings (SSSR count). The van der Waals surface area contributed by atoms with Crippen LogP contribution >= 0.6 is 0 Å². The molecule has 1 aliphatic rings. The predicted molar refractivity (Wildman–Crippen MR) is 72.9 cm³/mol. The third-order valence-electron chi connectivity index (χ3n) is 3.95. The van der Waals surface area contributed by atoms with Gasteiger partial charge in [-0.2, -0.15) is 0 Å². The Labute approximate surface area is 109 Å². The maximum absolute atomic E-state index is 13.3. The van der Waals surface area contributed by atoms with Crippen LogP contribution < -0.4 is 11.1 Å². The average Bonchev–Trinajstić information content (AvgIpc) is 2.75. The number of benzene rings is 1. The first-order valence-corrected chi connectivity index (χ1v) is 6.82. The summed E-state index contributed by atoms with van der Waals surface area (Å²) in [5.41, 5.74) is 7.63. The normalized spacial score (nSPS) is 25.3. The average molecular weight is 250 g/mol. The van der Waals surface area contributed by atoms with Crippen molar-refractivity contribution in [2.24, 2.45) is 11.7 Å². The second-order valence-corrected chi connectivity index (χ2v) is 5.58.